The minimum atomic E-state index is -4.25. The lowest BCUT2D eigenvalue weighted by molar-refractivity contribution is -0.185. The first-order valence-corrected chi connectivity index (χ1v) is 11.7. The minimum absolute atomic E-state index is 0.0259. The van der Waals surface area contributed by atoms with Gasteiger partial charge in [-0.3, -0.25) is 4.98 Å². The molecule has 174 valence electrons. The molecule has 1 aromatic carbocycles. The van der Waals surface area contributed by atoms with Crippen molar-refractivity contribution in [3.8, 4) is 0 Å². The first-order valence-electron chi connectivity index (χ1n) is 10.2. The lowest BCUT2D eigenvalue weighted by atomic mass is 9.81. The van der Waals surface area contributed by atoms with Crippen LogP contribution in [0.25, 0.3) is 0 Å². The first kappa shape index (κ1) is 24.0. The third kappa shape index (κ3) is 6.92. The van der Waals surface area contributed by atoms with Gasteiger partial charge in [0.2, 0.25) is 10.0 Å². The summed E-state index contributed by atoms with van der Waals surface area (Å²) in [6, 6.07) is 8.66. The zero-order chi connectivity index (χ0) is 23.2. The van der Waals surface area contributed by atoms with E-state index in [0.29, 0.717) is 18.5 Å². The largest absolute Gasteiger partial charge is 0.391 e. The number of alkyl halides is 3. The van der Waals surface area contributed by atoms with E-state index in [9.17, 15) is 26.4 Å². The van der Waals surface area contributed by atoms with E-state index in [1.165, 1.54) is 24.3 Å². The number of benzene rings is 1. The predicted molar refractivity (Wildman–Crippen MR) is 113 cm³/mol. The summed E-state index contributed by atoms with van der Waals surface area (Å²) in [7, 11) is -3.87. The molecule has 1 fully saturated rings. The van der Waals surface area contributed by atoms with E-state index < -0.39 is 28.1 Å². The van der Waals surface area contributed by atoms with Gasteiger partial charge in [-0.15, -0.1) is 0 Å². The molecule has 3 N–H and O–H groups in total. The quantitative estimate of drug-likeness (QED) is 0.568. The van der Waals surface area contributed by atoms with Crippen LogP contribution in [0.2, 0.25) is 0 Å². The lowest BCUT2D eigenvalue weighted by Gasteiger charge is -2.30. The number of halogens is 3. The van der Waals surface area contributed by atoms with E-state index in [0.717, 1.165) is 5.56 Å². The summed E-state index contributed by atoms with van der Waals surface area (Å²) in [5.41, 5.74) is 1.22. The van der Waals surface area contributed by atoms with Gasteiger partial charge in [-0.1, -0.05) is 12.5 Å². The highest BCUT2D eigenvalue weighted by Crippen LogP contribution is 2.39. The number of carbonyl (C=O) groups is 1. The number of urea groups is 1. The van der Waals surface area contributed by atoms with Crippen LogP contribution in [0.3, 0.4) is 0 Å². The number of nitrogens with one attached hydrogen (secondary N) is 3. The number of hydrogen-bond donors (Lipinski definition) is 3. The third-order valence-corrected chi connectivity index (χ3v) is 6.85. The SMILES string of the molecule is O=C(NCc1cccnc1)Nc1ccc(S(=O)(=O)NCC2CCCC(C(F)(F)F)C2)cc1. The standard InChI is InChI=1S/C21H25F3N4O3S/c22-21(23,24)17-5-1-3-15(11-17)14-27-32(30,31)19-8-6-18(7-9-19)28-20(29)26-13-16-4-2-10-25-12-16/h2,4,6-10,12,15,17,27H,1,3,5,11,13-14H2,(H2,26,28,29). The fourth-order valence-electron chi connectivity index (χ4n) is 3.66. The molecule has 0 spiro atoms. The van der Waals surface area contributed by atoms with Gasteiger partial charge in [-0.2, -0.15) is 13.2 Å². The summed E-state index contributed by atoms with van der Waals surface area (Å²) >= 11 is 0. The molecule has 0 aliphatic heterocycles. The molecule has 0 saturated heterocycles. The van der Waals surface area contributed by atoms with Crippen LogP contribution in [-0.4, -0.2) is 32.2 Å². The van der Waals surface area contributed by atoms with E-state index in [-0.39, 0.29) is 36.7 Å². The van der Waals surface area contributed by atoms with Gasteiger partial charge >= 0.3 is 12.2 Å². The van der Waals surface area contributed by atoms with Crippen LogP contribution < -0.4 is 15.4 Å². The molecule has 2 aromatic rings. The molecule has 1 aliphatic carbocycles. The fourth-order valence-corrected chi connectivity index (χ4v) is 4.78. The summed E-state index contributed by atoms with van der Waals surface area (Å²) in [6.07, 6.45) is 0.0303. The molecule has 11 heteroatoms. The van der Waals surface area contributed by atoms with Crippen LogP contribution in [0.5, 0.6) is 0 Å². The van der Waals surface area contributed by atoms with Gasteiger partial charge in [0.05, 0.1) is 10.8 Å². The Bertz CT molecular complexity index is 999. The highest BCUT2D eigenvalue weighted by Gasteiger charge is 2.42. The van der Waals surface area contributed by atoms with Gasteiger partial charge in [0.25, 0.3) is 0 Å². The average Bonchev–Trinajstić information content (AvgIpc) is 2.77. The Morgan fingerprint density at radius 3 is 2.53 bits per heavy atom. The molecule has 2 amide bonds. The van der Waals surface area contributed by atoms with Crippen molar-refractivity contribution >= 4 is 21.7 Å². The smallest absolute Gasteiger partial charge is 0.334 e. The van der Waals surface area contributed by atoms with Gasteiger partial charge < -0.3 is 10.6 Å². The highest BCUT2D eigenvalue weighted by molar-refractivity contribution is 7.89. The Balaban J connectivity index is 1.50. The number of nitrogens with zero attached hydrogens (tertiary/aromatic N) is 1. The molecule has 1 heterocycles. The van der Waals surface area contributed by atoms with Crippen LogP contribution in [0.1, 0.15) is 31.2 Å². The first-order chi connectivity index (χ1) is 15.1. The Hall–Kier alpha value is -2.66. The van der Waals surface area contributed by atoms with E-state index in [2.05, 4.69) is 20.3 Å². The summed E-state index contributed by atoms with van der Waals surface area (Å²) in [4.78, 5) is 15.9. The highest BCUT2D eigenvalue weighted by atomic mass is 32.2. The number of anilines is 1. The zero-order valence-corrected chi connectivity index (χ0v) is 18.0. The summed E-state index contributed by atoms with van der Waals surface area (Å²) in [6.45, 7) is 0.248. The van der Waals surface area contributed by atoms with E-state index in [1.54, 1.807) is 18.5 Å². The molecular weight excluding hydrogens is 445 g/mol. The van der Waals surface area contributed by atoms with Gasteiger partial charge in [0.1, 0.15) is 0 Å². The normalized spacial score (nSPS) is 19.3. The molecule has 2 atom stereocenters. The molecule has 3 rings (SSSR count). The van der Waals surface area contributed by atoms with Crippen LogP contribution in [0.15, 0.2) is 53.7 Å². The summed E-state index contributed by atoms with van der Waals surface area (Å²) in [5.74, 6) is -1.73. The van der Waals surface area contributed by atoms with Crippen molar-refractivity contribution in [2.75, 3.05) is 11.9 Å². The maximum absolute atomic E-state index is 12.9. The van der Waals surface area contributed by atoms with E-state index in [1.807, 2.05) is 6.07 Å². The Kier molecular flexibility index (Phi) is 7.73. The maximum atomic E-state index is 12.9. The number of amides is 2. The maximum Gasteiger partial charge on any atom is 0.391 e. The van der Waals surface area contributed by atoms with Crippen molar-refractivity contribution in [1.82, 2.24) is 15.0 Å². The van der Waals surface area contributed by atoms with Crippen molar-refractivity contribution in [2.45, 2.75) is 43.3 Å². The second-order valence-corrected chi connectivity index (χ2v) is 9.58. The molecule has 1 aromatic heterocycles. The zero-order valence-electron chi connectivity index (χ0n) is 17.2. The van der Waals surface area contributed by atoms with Crippen molar-refractivity contribution in [1.29, 1.82) is 0 Å². The molecule has 32 heavy (non-hydrogen) atoms. The van der Waals surface area contributed by atoms with Crippen molar-refractivity contribution in [3.63, 3.8) is 0 Å². The number of aromatic nitrogens is 1. The van der Waals surface area contributed by atoms with Crippen molar-refractivity contribution in [3.05, 3.63) is 54.4 Å². The Morgan fingerprint density at radius 2 is 1.88 bits per heavy atom. The number of sulfonamides is 1. The topological polar surface area (TPSA) is 100 Å². The predicted octanol–water partition coefficient (Wildman–Crippen LogP) is 4.05. The molecule has 0 radical (unpaired) electrons. The van der Waals surface area contributed by atoms with Crippen LogP contribution in [0, 0.1) is 11.8 Å². The fraction of sp³-hybridized carbons (Fsp3) is 0.429. The molecular formula is C21H25F3N4O3S. The monoisotopic (exact) mass is 470 g/mol. The summed E-state index contributed by atoms with van der Waals surface area (Å²) in [5, 5.41) is 5.26. The second-order valence-electron chi connectivity index (χ2n) is 7.82. The molecule has 2 unspecified atom stereocenters. The number of pyridine rings is 1. The molecule has 1 aliphatic rings. The molecule has 7 nitrogen and oxygen atoms in total. The number of rotatable bonds is 7. The number of hydrogen-bond acceptors (Lipinski definition) is 4. The number of carbonyl (C=O) groups excluding carboxylic acids is 1. The van der Waals surface area contributed by atoms with Crippen LogP contribution >= 0.6 is 0 Å². The molecule has 0 bridgehead atoms. The van der Waals surface area contributed by atoms with E-state index in [4.69, 9.17) is 0 Å². The van der Waals surface area contributed by atoms with Crippen LogP contribution in [0.4, 0.5) is 23.7 Å². The van der Waals surface area contributed by atoms with E-state index >= 15 is 0 Å². The van der Waals surface area contributed by atoms with Gasteiger partial charge in [-0.25, -0.2) is 17.9 Å². The Morgan fingerprint density at radius 1 is 1.12 bits per heavy atom. The summed E-state index contributed by atoms with van der Waals surface area (Å²) < 4.78 is 66.3. The minimum Gasteiger partial charge on any atom is -0.334 e. The molecule has 1 saturated carbocycles. The average molecular weight is 471 g/mol. The van der Waals surface area contributed by atoms with Crippen molar-refractivity contribution in [2.24, 2.45) is 11.8 Å². The van der Waals surface area contributed by atoms with Gasteiger partial charge in [-0.05, 0) is 61.1 Å². The van der Waals surface area contributed by atoms with Gasteiger partial charge in [0.15, 0.2) is 0 Å². The Labute approximate surface area is 184 Å². The van der Waals surface area contributed by atoms with Crippen LogP contribution in [-0.2, 0) is 16.6 Å². The van der Waals surface area contributed by atoms with Crippen molar-refractivity contribution < 1.29 is 26.4 Å². The third-order valence-electron chi connectivity index (χ3n) is 5.41. The lowest BCUT2D eigenvalue weighted by Crippen LogP contribution is -2.35. The second kappa shape index (κ2) is 10.3. The van der Waals surface area contributed by atoms with Gasteiger partial charge in [0, 0.05) is 31.2 Å².